The van der Waals surface area contributed by atoms with E-state index in [2.05, 4.69) is 24.1 Å². The number of nitrogens with zero attached hydrogens (tertiary/aromatic N) is 1. The van der Waals surface area contributed by atoms with E-state index < -0.39 is 0 Å². The number of hydrogen-bond donors (Lipinski definition) is 1. The number of nitrogens with one attached hydrogen (secondary N) is 1. The Kier molecular flexibility index (Phi) is 4.69. The zero-order valence-electron chi connectivity index (χ0n) is 10.3. The summed E-state index contributed by atoms with van der Waals surface area (Å²) in [5, 5.41) is 4.77. The average Bonchev–Trinajstić information content (AvgIpc) is 2.82. The molecule has 0 spiro atoms. The lowest BCUT2D eigenvalue weighted by atomic mass is 10.2. The second-order valence-corrected chi connectivity index (χ2v) is 5.62. The lowest BCUT2D eigenvalue weighted by Gasteiger charge is -2.11. The summed E-state index contributed by atoms with van der Waals surface area (Å²) in [5.41, 5.74) is 1.15. The summed E-state index contributed by atoms with van der Waals surface area (Å²) in [5.74, 6) is 0. The molecule has 96 valence electrons. The van der Waals surface area contributed by atoms with Crippen LogP contribution in [0.4, 0.5) is 0 Å². The quantitative estimate of drug-likeness (QED) is 0.900. The first-order chi connectivity index (χ1) is 8.65. The first-order valence-electron chi connectivity index (χ1n) is 5.74. The predicted molar refractivity (Wildman–Crippen MR) is 74.1 cm³/mol. The highest BCUT2D eigenvalue weighted by molar-refractivity contribution is 7.99. The van der Waals surface area contributed by atoms with Crippen molar-refractivity contribution in [2.24, 2.45) is 0 Å². The fourth-order valence-electron chi connectivity index (χ4n) is 1.45. The Balaban J connectivity index is 2.17. The van der Waals surface area contributed by atoms with Crippen LogP contribution in [0.25, 0.3) is 0 Å². The topological polar surface area (TPSA) is 38.1 Å². The third-order valence-corrected chi connectivity index (χ3v) is 3.56. The van der Waals surface area contributed by atoms with Gasteiger partial charge in [-0.3, -0.25) is 0 Å². The highest BCUT2D eigenvalue weighted by Gasteiger charge is 2.08. The predicted octanol–water partition coefficient (Wildman–Crippen LogP) is 3.98. The van der Waals surface area contributed by atoms with Crippen molar-refractivity contribution in [3.05, 3.63) is 41.2 Å². The van der Waals surface area contributed by atoms with Gasteiger partial charge in [0.2, 0.25) is 0 Å². The number of aromatic nitrogens is 1. The van der Waals surface area contributed by atoms with Gasteiger partial charge >= 0.3 is 0 Å². The number of rotatable bonds is 5. The van der Waals surface area contributed by atoms with Crippen LogP contribution in [0, 0.1) is 0 Å². The van der Waals surface area contributed by atoms with Crippen LogP contribution in [0.1, 0.15) is 19.4 Å². The van der Waals surface area contributed by atoms with Crippen LogP contribution in [-0.2, 0) is 6.54 Å². The van der Waals surface area contributed by atoms with Gasteiger partial charge in [0.05, 0.1) is 6.20 Å². The van der Waals surface area contributed by atoms with Gasteiger partial charge in [-0.2, -0.15) is 0 Å². The van der Waals surface area contributed by atoms with Crippen molar-refractivity contribution in [2.45, 2.75) is 36.6 Å². The first kappa shape index (κ1) is 13.5. The summed E-state index contributed by atoms with van der Waals surface area (Å²) in [7, 11) is 0. The Morgan fingerprint density at radius 1 is 1.44 bits per heavy atom. The van der Waals surface area contributed by atoms with E-state index in [0.717, 1.165) is 22.0 Å². The third kappa shape index (κ3) is 3.77. The van der Waals surface area contributed by atoms with Crippen molar-refractivity contribution in [3.63, 3.8) is 0 Å². The minimum absolute atomic E-state index is 0.434. The molecule has 0 saturated heterocycles. The molecule has 3 nitrogen and oxygen atoms in total. The Bertz CT molecular complexity index is 500. The fraction of sp³-hybridized carbons (Fsp3) is 0.308. The summed E-state index contributed by atoms with van der Waals surface area (Å²) < 4.78 is 5.25. The number of benzene rings is 1. The van der Waals surface area contributed by atoms with E-state index in [9.17, 15) is 0 Å². The molecule has 1 aromatic heterocycles. The van der Waals surface area contributed by atoms with Gasteiger partial charge in [-0.25, -0.2) is 4.98 Å². The molecule has 0 bridgehead atoms. The smallest absolute Gasteiger partial charge is 0.260 e. The molecular formula is C13H15ClN2OS. The minimum atomic E-state index is 0.434. The van der Waals surface area contributed by atoms with Crippen molar-refractivity contribution >= 4 is 23.4 Å². The SMILES string of the molecule is CC(C)NCc1cc(Cl)ccc1Sc1ncco1. The molecule has 0 fully saturated rings. The summed E-state index contributed by atoms with van der Waals surface area (Å²) >= 11 is 7.54. The molecule has 1 aromatic carbocycles. The van der Waals surface area contributed by atoms with Crippen LogP contribution in [0.3, 0.4) is 0 Å². The molecule has 1 heterocycles. The zero-order valence-corrected chi connectivity index (χ0v) is 11.9. The highest BCUT2D eigenvalue weighted by Crippen LogP contribution is 2.31. The summed E-state index contributed by atoms with van der Waals surface area (Å²) in [6, 6.07) is 6.28. The second-order valence-electron chi connectivity index (χ2n) is 4.19. The molecule has 2 aromatic rings. The molecule has 0 atom stereocenters. The first-order valence-corrected chi connectivity index (χ1v) is 6.94. The molecule has 0 radical (unpaired) electrons. The Morgan fingerprint density at radius 3 is 2.94 bits per heavy atom. The lowest BCUT2D eigenvalue weighted by Crippen LogP contribution is -2.22. The number of halogens is 1. The molecule has 5 heteroatoms. The molecule has 0 amide bonds. The molecular weight excluding hydrogens is 268 g/mol. The Morgan fingerprint density at radius 2 is 2.28 bits per heavy atom. The average molecular weight is 283 g/mol. The Labute approximate surface area is 116 Å². The van der Waals surface area contributed by atoms with E-state index in [1.54, 1.807) is 12.5 Å². The highest BCUT2D eigenvalue weighted by atomic mass is 35.5. The monoisotopic (exact) mass is 282 g/mol. The van der Waals surface area contributed by atoms with Gasteiger partial charge in [-0.15, -0.1) is 0 Å². The van der Waals surface area contributed by atoms with Crippen LogP contribution in [0.2, 0.25) is 5.02 Å². The van der Waals surface area contributed by atoms with Crippen molar-refractivity contribution < 1.29 is 4.42 Å². The van der Waals surface area contributed by atoms with Gasteiger partial charge in [0.15, 0.2) is 0 Å². The van der Waals surface area contributed by atoms with E-state index in [1.165, 1.54) is 11.8 Å². The molecule has 0 aliphatic carbocycles. The van der Waals surface area contributed by atoms with Crippen LogP contribution < -0.4 is 5.32 Å². The molecule has 0 aliphatic rings. The molecule has 0 unspecified atom stereocenters. The van der Waals surface area contributed by atoms with Gasteiger partial charge < -0.3 is 9.73 Å². The third-order valence-electron chi connectivity index (χ3n) is 2.33. The maximum Gasteiger partial charge on any atom is 0.260 e. The summed E-state index contributed by atoms with van der Waals surface area (Å²) in [4.78, 5) is 5.22. The van der Waals surface area contributed by atoms with Crippen molar-refractivity contribution in [2.75, 3.05) is 0 Å². The van der Waals surface area contributed by atoms with Crippen molar-refractivity contribution in [1.29, 1.82) is 0 Å². The standard InChI is InChI=1S/C13H15ClN2OS/c1-9(2)16-8-10-7-11(14)3-4-12(10)18-13-15-5-6-17-13/h3-7,9,16H,8H2,1-2H3. The summed E-state index contributed by atoms with van der Waals surface area (Å²) in [6.45, 7) is 5.01. The van der Waals surface area contributed by atoms with Crippen LogP contribution in [0.15, 0.2) is 45.2 Å². The van der Waals surface area contributed by atoms with E-state index in [-0.39, 0.29) is 0 Å². The fourth-order valence-corrected chi connectivity index (χ4v) is 2.45. The molecule has 18 heavy (non-hydrogen) atoms. The van der Waals surface area contributed by atoms with Crippen LogP contribution >= 0.6 is 23.4 Å². The van der Waals surface area contributed by atoms with Gasteiger partial charge in [-0.1, -0.05) is 25.4 Å². The maximum atomic E-state index is 6.04. The number of oxazole rings is 1. The van der Waals surface area contributed by atoms with Gasteiger partial charge in [-0.05, 0) is 35.5 Å². The van der Waals surface area contributed by atoms with E-state index in [4.69, 9.17) is 16.0 Å². The lowest BCUT2D eigenvalue weighted by molar-refractivity contribution is 0.454. The van der Waals surface area contributed by atoms with Crippen LogP contribution in [0.5, 0.6) is 0 Å². The van der Waals surface area contributed by atoms with Gasteiger partial charge in [0.1, 0.15) is 6.26 Å². The van der Waals surface area contributed by atoms with E-state index >= 15 is 0 Å². The molecule has 0 aliphatic heterocycles. The Hall–Kier alpha value is -0.970. The van der Waals surface area contributed by atoms with Crippen LogP contribution in [-0.4, -0.2) is 11.0 Å². The molecule has 1 N–H and O–H groups in total. The minimum Gasteiger partial charge on any atom is -0.440 e. The second kappa shape index (κ2) is 6.27. The largest absolute Gasteiger partial charge is 0.440 e. The van der Waals surface area contributed by atoms with Crippen molar-refractivity contribution in [1.82, 2.24) is 10.3 Å². The normalized spacial score (nSPS) is 11.1. The van der Waals surface area contributed by atoms with E-state index in [0.29, 0.717) is 11.3 Å². The molecule has 2 rings (SSSR count). The molecule has 0 saturated carbocycles. The van der Waals surface area contributed by atoms with Gasteiger partial charge in [0, 0.05) is 22.5 Å². The zero-order chi connectivity index (χ0) is 13.0. The summed E-state index contributed by atoms with van der Waals surface area (Å²) in [6.07, 6.45) is 3.22. The number of hydrogen-bond acceptors (Lipinski definition) is 4. The van der Waals surface area contributed by atoms with E-state index in [1.807, 2.05) is 18.2 Å². The van der Waals surface area contributed by atoms with Crippen molar-refractivity contribution in [3.8, 4) is 0 Å². The maximum absolute atomic E-state index is 6.04. The van der Waals surface area contributed by atoms with Gasteiger partial charge in [0.25, 0.3) is 5.22 Å².